The van der Waals surface area contributed by atoms with Gasteiger partial charge >= 0.3 is 0 Å². The maximum absolute atomic E-state index is 12.2. The van der Waals surface area contributed by atoms with Gasteiger partial charge in [0, 0.05) is 36.7 Å². The van der Waals surface area contributed by atoms with Crippen LogP contribution in [0.1, 0.15) is 10.4 Å². The summed E-state index contributed by atoms with van der Waals surface area (Å²) in [6.07, 6.45) is 1.98. The highest BCUT2D eigenvalue weighted by Crippen LogP contribution is 2.32. The number of benzene rings is 1. The number of nitrogens with zero attached hydrogens (tertiary/aromatic N) is 3. The Kier molecular flexibility index (Phi) is 4.63. The normalized spacial score (nSPS) is 19.6. The second kappa shape index (κ2) is 7.06. The number of carbonyl (C=O) groups excluding carboxylic acids is 1. The van der Waals surface area contributed by atoms with Crippen LogP contribution >= 0.6 is 23.1 Å². The first-order valence-corrected chi connectivity index (χ1v) is 10.0. The van der Waals surface area contributed by atoms with Crippen molar-refractivity contribution in [2.45, 2.75) is 6.92 Å². The van der Waals surface area contributed by atoms with Crippen LogP contribution in [0.5, 0.6) is 0 Å². The van der Waals surface area contributed by atoms with Crippen LogP contribution in [0.4, 0.5) is 5.69 Å². The van der Waals surface area contributed by atoms with Gasteiger partial charge in [-0.25, -0.2) is 0 Å². The quantitative estimate of drug-likeness (QED) is 0.754. The summed E-state index contributed by atoms with van der Waals surface area (Å²) in [6, 6.07) is 12.5. The van der Waals surface area contributed by atoms with Gasteiger partial charge in [-0.15, -0.1) is 11.3 Å². The first-order chi connectivity index (χ1) is 12.2. The summed E-state index contributed by atoms with van der Waals surface area (Å²) >= 11 is 3.16. The molecule has 2 aliphatic rings. The Balaban J connectivity index is 1.41. The van der Waals surface area contributed by atoms with Gasteiger partial charge in [-0.3, -0.25) is 4.79 Å². The van der Waals surface area contributed by atoms with Crippen molar-refractivity contribution >= 4 is 45.9 Å². The van der Waals surface area contributed by atoms with Crippen molar-refractivity contribution in [1.29, 1.82) is 0 Å². The standard InChI is InChI=1S/C19H19N3OS2/c1-14-7-12-24-16(14)13-17-18(23)20-19(25-17)22-10-8-21(9-11-22)15-5-3-2-4-6-15/h2-7,12-13H,8-11H2,1H3/b17-13+. The topological polar surface area (TPSA) is 35.9 Å². The van der Waals surface area contributed by atoms with E-state index in [1.807, 2.05) is 12.1 Å². The third-order valence-electron chi connectivity index (χ3n) is 4.44. The molecule has 6 heteroatoms. The lowest BCUT2D eigenvalue weighted by molar-refractivity contribution is -0.113. The number of piperazine rings is 1. The Bertz CT molecular complexity index is 833. The first-order valence-electron chi connectivity index (χ1n) is 8.32. The molecule has 3 heterocycles. The van der Waals surface area contributed by atoms with Gasteiger partial charge in [-0.05, 0) is 53.9 Å². The fraction of sp³-hybridized carbons (Fsp3) is 0.263. The molecular formula is C19H19N3OS2. The third-order valence-corrected chi connectivity index (χ3v) is 6.46. The summed E-state index contributed by atoms with van der Waals surface area (Å²) < 4.78 is 0. The Hall–Kier alpha value is -2.05. The van der Waals surface area contributed by atoms with Crippen LogP contribution in [0.2, 0.25) is 0 Å². The van der Waals surface area contributed by atoms with Crippen LogP contribution in [-0.4, -0.2) is 42.2 Å². The van der Waals surface area contributed by atoms with Gasteiger partial charge in [0.2, 0.25) is 0 Å². The maximum atomic E-state index is 12.2. The SMILES string of the molecule is Cc1ccsc1/C=C1/SC(N2CCN(c3ccccc3)CC2)=NC1=O. The molecule has 1 saturated heterocycles. The van der Waals surface area contributed by atoms with E-state index in [-0.39, 0.29) is 5.91 Å². The predicted octanol–water partition coefficient (Wildman–Crippen LogP) is 3.85. The van der Waals surface area contributed by atoms with Gasteiger partial charge in [0.05, 0.1) is 4.91 Å². The number of anilines is 1. The molecule has 0 aliphatic carbocycles. The second-order valence-corrected chi connectivity index (χ2v) is 8.04. The van der Waals surface area contributed by atoms with Crippen LogP contribution in [0, 0.1) is 6.92 Å². The predicted molar refractivity (Wildman–Crippen MR) is 107 cm³/mol. The molecule has 1 aromatic carbocycles. The number of rotatable bonds is 2. The average molecular weight is 370 g/mol. The fourth-order valence-corrected chi connectivity index (χ4v) is 4.86. The summed E-state index contributed by atoms with van der Waals surface area (Å²) in [5, 5.41) is 2.90. The van der Waals surface area contributed by atoms with E-state index in [0.717, 1.165) is 41.1 Å². The summed E-state index contributed by atoms with van der Waals surface area (Å²) in [4.78, 5) is 23.0. The van der Waals surface area contributed by atoms with E-state index in [4.69, 9.17) is 0 Å². The number of aryl methyl sites for hydroxylation is 1. The van der Waals surface area contributed by atoms with Gasteiger partial charge in [0.15, 0.2) is 5.17 Å². The van der Waals surface area contributed by atoms with E-state index in [1.54, 1.807) is 11.3 Å². The average Bonchev–Trinajstić information content (AvgIpc) is 3.22. The minimum Gasteiger partial charge on any atom is -0.368 e. The number of hydrogen-bond acceptors (Lipinski definition) is 5. The minimum absolute atomic E-state index is 0.113. The van der Waals surface area contributed by atoms with Gasteiger partial charge in [0.1, 0.15) is 0 Å². The van der Waals surface area contributed by atoms with Crippen LogP contribution in [0.15, 0.2) is 51.7 Å². The molecular weight excluding hydrogens is 350 g/mol. The molecule has 1 amide bonds. The zero-order valence-corrected chi connectivity index (χ0v) is 15.6. The van der Waals surface area contributed by atoms with Crippen molar-refractivity contribution in [2.75, 3.05) is 31.1 Å². The molecule has 0 N–H and O–H groups in total. The lowest BCUT2D eigenvalue weighted by Gasteiger charge is -2.36. The molecule has 0 saturated carbocycles. The Morgan fingerprint density at radius 3 is 2.44 bits per heavy atom. The van der Waals surface area contributed by atoms with Crippen molar-refractivity contribution < 1.29 is 4.79 Å². The third kappa shape index (κ3) is 3.50. The van der Waals surface area contributed by atoms with Crippen molar-refractivity contribution in [2.24, 2.45) is 4.99 Å². The number of amidine groups is 1. The highest BCUT2D eigenvalue weighted by molar-refractivity contribution is 8.18. The maximum Gasteiger partial charge on any atom is 0.286 e. The zero-order valence-electron chi connectivity index (χ0n) is 14.0. The van der Waals surface area contributed by atoms with Crippen molar-refractivity contribution in [1.82, 2.24) is 4.90 Å². The smallest absolute Gasteiger partial charge is 0.286 e. The highest BCUT2D eigenvalue weighted by Gasteiger charge is 2.28. The van der Waals surface area contributed by atoms with Gasteiger partial charge in [0.25, 0.3) is 5.91 Å². The summed E-state index contributed by atoms with van der Waals surface area (Å²) in [5.74, 6) is -0.113. The number of carbonyl (C=O) groups is 1. The number of thioether (sulfide) groups is 1. The fourth-order valence-electron chi connectivity index (χ4n) is 2.98. The molecule has 1 aromatic heterocycles. The van der Waals surface area contributed by atoms with E-state index in [9.17, 15) is 4.79 Å². The van der Waals surface area contributed by atoms with Crippen LogP contribution in [0.25, 0.3) is 6.08 Å². The zero-order chi connectivity index (χ0) is 17.2. The summed E-state index contributed by atoms with van der Waals surface area (Å²) in [7, 11) is 0. The minimum atomic E-state index is -0.113. The number of amides is 1. The van der Waals surface area contributed by atoms with Gasteiger partial charge in [-0.2, -0.15) is 4.99 Å². The number of para-hydroxylation sites is 1. The molecule has 4 nitrogen and oxygen atoms in total. The molecule has 128 valence electrons. The van der Waals surface area contributed by atoms with Crippen molar-refractivity contribution in [3.63, 3.8) is 0 Å². The van der Waals surface area contributed by atoms with E-state index in [0.29, 0.717) is 0 Å². The molecule has 0 spiro atoms. The van der Waals surface area contributed by atoms with E-state index in [1.165, 1.54) is 23.0 Å². The molecule has 4 rings (SSSR count). The monoisotopic (exact) mass is 369 g/mol. The van der Waals surface area contributed by atoms with Gasteiger partial charge in [-0.1, -0.05) is 18.2 Å². The largest absolute Gasteiger partial charge is 0.368 e. The molecule has 0 bridgehead atoms. The lowest BCUT2D eigenvalue weighted by atomic mass is 10.2. The summed E-state index contributed by atoms with van der Waals surface area (Å²) in [5.41, 5.74) is 2.46. The van der Waals surface area contributed by atoms with Crippen LogP contribution in [0.3, 0.4) is 0 Å². The molecule has 0 radical (unpaired) electrons. The Labute approximate surface area is 155 Å². The number of hydrogen-bond donors (Lipinski definition) is 0. The number of thiophene rings is 1. The van der Waals surface area contributed by atoms with Crippen molar-refractivity contribution in [3.05, 3.63) is 57.1 Å². The molecule has 25 heavy (non-hydrogen) atoms. The molecule has 1 fully saturated rings. The Morgan fingerprint density at radius 1 is 1.04 bits per heavy atom. The first kappa shape index (κ1) is 16.4. The van der Waals surface area contributed by atoms with Crippen LogP contribution < -0.4 is 4.90 Å². The highest BCUT2D eigenvalue weighted by atomic mass is 32.2. The molecule has 0 atom stereocenters. The Morgan fingerprint density at radius 2 is 1.76 bits per heavy atom. The van der Waals surface area contributed by atoms with Crippen LogP contribution in [-0.2, 0) is 4.79 Å². The van der Waals surface area contributed by atoms with E-state index < -0.39 is 0 Å². The van der Waals surface area contributed by atoms with Crippen molar-refractivity contribution in [3.8, 4) is 0 Å². The number of aliphatic imine (C=N–C) groups is 1. The second-order valence-electron chi connectivity index (χ2n) is 6.09. The lowest BCUT2D eigenvalue weighted by Crippen LogP contribution is -2.47. The summed E-state index contributed by atoms with van der Waals surface area (Å²) in [6.45, 7) is 5.73. The van der Waals surface area contributed by atoms with E-state index >= 15 is 0 Å². The van der Waals surface area contributed by atoms with Gasteiger partial charge < -0.3 is 9.80 Å². The molecule has 2 aromatic rings. The molecule has 2 aliphatic heterocycles. The van der Waals surface area contributed by atoms with E-state index in [2.05, 4.69) is 57.4 Å². The molecule has 0 unspecified atom stereocenters.